The fourth-order valence-corrected chi connectivity index (χ4v) is 2.57. The highest BCUT2D eigenvalue weighted by Crippen LogP contribution is 2.34. The first-order valence-electron chi connectivity index (χ1n) is 6.71. The molecule has 0 radical (unpaired) electrons. The lowest BCUT2D eigenvalue weighted by Gasteiger charge is -2.33. The van der Waals surface area contributed by atoms with Gasteiger partial charge in [0.05, 0.1) is 21.3 Å². The summed E-state index contributed by atoms with van der Waals surface area (Å²) in [6.45, 7) is 0.497. The maximum absolute atomic E-state index is 12.3. The number of methoxy groups -OCH3 is 3. The minimum absolute atomic E-state index is 0.00105. The summed E-state index contributed by atoms with van der Waals surface area (Å²) in [7, 11) is 4.39. The zero-order valence-corrected chi connectivity index (χ0v) is 12.4. The lowest BCUT2D eigenvalue weighted by molar-refractivity contribution is -0.126. The lowest BCUT2D eigenvalue weighted by Crippen LogP contribution is -2.43. The van der Waals surface area contributed by atoms with Crippen LogP contribution >= 0.6 is 0 Å². The molecule has 0 aliphatic carbocycles. The average molecular weight is 293 g/mol. The number of nitrogens with zero attached hydrogens (tertiary/aromatic N) is 1. The molecule has 114 valence electrons. The van der Waals surface area contributed by atoms with Gasteiger partial charge in [-0.2, -0.15) is 0 Å². The van der Waals surface area contributed by atoms with Gasteiger partial charge in [-0.1, -0.05) is 6.07 Å². The second-order valence-electron chi connectivity index (χ2n) is 4.75. The third kappa shape index (κ3) is 2.94. The van der Waals surface area contributed by atoms with Gasteiger partial charge in [0.25, 0.3) is 0 Å². The number of likely N-dealkylation sites (tertiary alicyclic amines) is 1. The Balaban J connectivity index is 2.40. The molecule has 1 amide bonds. The Kier molecular flexibility index (Phi) is 4.67. The standard InChI is InChI=1S/C15H19NO5/c1-19-12-7-6-10(9-13(12)20-2)14-11(17)5-4-8-16(14)15(18)21-3/h6-7,9,14H,4-5,8H2,1-3H3. The van der Waals surface area contributed by atoms with Crippen LogP contribution in [-0.4, -0.2) is 44.7 Å². The van der Waals surface area contributed by atoms with E-state index in [1.165, 1.54) is 19.1 Å². The Morgan fingerprint density at radius 3 is 2.52 bits per heavy atom. The summed E-state index contributed by atoms with van der Waals surface area (Å²) in [6, 6.07) is 4.59. The Morgan fingerprint density at radius 1 is 1.19 bits per heavy atom. The maximum atomic E-state index is 12.3. The van der Waals surface area contributed by atoms with Crippen molar-refractivity contribution in [3.8, 4) is 11.5 Å². The molecule has 1 fully saturated rings. The maximum Gasteiger partial charge on any atom is 0.410 e. The molecule has 1 heterocycles. The summed E-state index contributed by atoms with van der Waals surface area (Å²) in [6.07, 6.45) is 0.604. The van der Waals surface area contributed by atoms with Crippen LogP contribution in [0.5, 0.6) is 11.5 Å². The quantitative estimate of drug-likeness (QED) is 0.854. The van der Waals surface area contributed by atoms with E-state index in [0.717, 1.165) is 0 Å². The third-order valence-electron chi connectivity index (χ3n) is 3.57. The van der Waals surface area contributed by atoms with Gasteiger partial charge < -0.3 is 14.2 Å². The summed E-state index contributed by atoms with van der Waals surface area (Å²) in [5.74, 6) is 1.10. The van der Waals surface area contributed by atoms with Crippen molar-refractivity contribution in [2.45, 2.75) is 18.9 Å². The largest absolute Gasteiger partial charge is 0.493 e. The molecule has 0 spiro atoms. The Bertz CT molecular complexity index is 543. The molecule has 1 aromatic rings. The first-order chi connectivity index (χ1) is 10.1. The molecule has 21 heavy (non-hydrogen) atoms. The monoisotopic (exact) mass is 293 g/mol. The summed E-state index contributed by atoms with van der Waals surface area (Å²) >= 11 is 0. The van der Waals surface area contributed by atoms with Gasteiger partial charge in [0.1, 0.15) is 6.04 Å². The highest BCUT2D eigenvalue weighted by Gasteiger charge is 2.35. The zero-order valence-electron chi connectivity index (χ0n) is 12.4. The van der Waals surface area contributed by atoms with E-state index in [1.54, 1.807) is 25.3 Å². The number of rotatable bonds is 3. The van der Waals surface area contributed by atoms with Crippen LogP contribution in [0.2, 0.25) is 0 Å². The van der Waals surface area contributed by atoms with Gasteiger partial charge >= 0.3 is 6.09 Å². The van der Waals surface area contributed by atoms with Crippen LogP contribution in [-0.2, 0) is 9.53 Å². The fraction of sp³-hybridized carbons (Fsp3) is 0.467. The Hall–Kier alpha value is -2.24. The molecule has 6 nitrogen and oxygen atoms in total. The topological polar surface area (TPSA) is 65.1 Å². The van der Waals surface area contributed by atoms with Gasteiger partial charge in [0.2, 0.25) is 0 Å². The minimum atomic E-state index is -0.633. The van der Waals surface area contributed by atoms with Gasteiger partial charge in [-0.05, 0) is 24.1 Å². The van der Waals surface area contributed by atoms with Crippen molar-refractivity contribution in [1.29, 1.82) is 0 Å². The molecule has 2 rings (SSSR count). The van der Waals surface area contributed by atoms with Crippen molar-refractivity contribution in [2.75, 3.05) is 27.9 Å². The number of carbonyl (C=O) groups excluding carboxylic acids is 2. The highest BCUT2D eigenvalue weighted by molar-refractivity contribution is 5.89. The van der Waals surface area contributed by atoms with Gasteiger partial charge in [-0.15, -0.1) is 0 Å². The lowest BCUT2D eigenvalue weighted by atomic mass is 9.94. The number of ketones is 1. The van der Waals surface area contributed by atoms with Crippen LogP contribution in [0.3, 0.4) is 0 Å². The predicted molar refractivity (Wildman–Crippen MR) is 75.6 cm³/mol. The van der Waals surface area contributed by atoms with Crippen molar-refractivity contribution in [2.24, 2.45) is 0 Å². The molecule has 1 saturated heterocycles. The number of ether oxygens (including phenoxy) is 3. The number of hydrogen-bond acceptors (Lipinski definition) is 5. The molecule has 1 aliphatic rings. The van der Waals surface area contributed by atoms with Gasteiger partial charge in [0.15, 0.2) is 17.3 Å². The number of benzene rings is 1. The van der Waals surface area contributed by atoms with Crippen molar-refractivity contribution < 1.29 is 23.8 Å². The molecule has 0 bridgehead atoms. The molecule has 0 saturated carbocycles. The van der Waals surface area contributed by atoms with Gasteiger partial charge in [-0.3, -0.25) is 9.69 Å². The first kappa shape index (κ1) is 15.2. The molecular formula is C15H19NO5. The normalized spacial score (nSPS) is 18.3. The van der Waals surface area contributed by atoms with E-state index in [4.69, 9.17) is 14.2 Å². The van der Waals surface area contributed by atoms with Crippen LogP contribution in [0.25, 0.3) is 0 Å². The van der Waals surface area contributed by atoms with Crippen LogP contribution < -0.4 is 9.47 Å². The van der Waals surface area contributed by atoms with E-state index in [1.807, 2.05) is 0 Å². The van der Waals surface area contributed by atoms with E-state index in [2.05, 4.69) is 0 Å². The van der Waals surface area contributed by atoms with Crippen molar-refractivity contribution in [1.82, 2.24) is 4.90 Å². The van der Waals surface area contributed by atoms with Crippen molar-refractivity contribution in [3.63, 3.8) is 0 Å². The second kappa shape index (κ2) is 6.47. The number of piperidine rings is 1. The third-order valence-corrected chi connectivity index (χ3v) is 3.57. The van der Waals surface area contributed by atoms with Gasteiger partial charge in [0, 0.05) is 13.0 Å². The molecule has 1 aromatic carbocycles. The van der Waals surface area contributed by atoms with Crippen LogP contribution in [0.1, 0.15) is 24.4 Å². The van der Waals surface area contributed by atoms with Crippen LogP contribution in [0.4, 0.5) is 4.79 Å². The average Bonchev–Trinajstić information content (AvgIpc) is 2.53. The number of amides is 1. The predicted octanol–water partition coefficient (Wildman–Crippen LogP) is 2.18. The fourth-order valence-electron chi connectivity index (χ4n) is 2.57. The van der Waals surface area contributed by atoms with Gasteiger partial charge in [-0.25, -0.2) is 4.79 Å². The van der Waals surface area contributed by atoms with E-state index in [-0.39, 0.29) is 5.78 Å². The van der Waals surface area contributed by atoms with Crippen LogP contribution in [0.15, 0.2) is 18.2 Å². The summed E-state index contributed by atoms with van der Waals surface area (Å²) in [5, 5.41) is 0. The molecule has 1 atom stereocenters. The molecule has 1 aliphatic heterocycles. The number of Topliss-reactive ketones (excluding diaryl/α,β-unsaturated/α-hetero) is 1. The summed E-state index contributed by atoms with van der Waals surface area (Å²) in [5.41, 5.74) is 0.697. The van der Waals surface area contributed by atoms with Crippen molar-refractivity contribution in [3.05, 3.63) is 23.8 Å². The number of hydrogen-bond donors (Lipinski definition) is 0. The summed E-state index contributed by atoms with van der Waals surface area (Å²) in [4.78, 5) is 25.6. The molecule has 1 unspecified atom stereocenters. The van der Waals surface area contributed by atoms with E-state index in [0.29, 0.717) is 36.4 Å². The Labute approximate surface area is 123 Å². The van der Waals surface area contributed by atoms with E-state index < -0.39 is 12.1 Å². The highest BCUT2D eigenvalue weighted by atomic mass is 16.5. The molecule has 0 aromatic heterocycles. The minimum Gasteiger partial charge on any atom is -0.493 e. The Morgan fingerprint density at radius 2 is 1.90 bits per heavy atom. The van der Waals surface area contributed by atoms with E-state index in [9.17, 15) is 9.59 Å². The first-order valence-corrected chi connectivity index (χ1v) is 6.71. The van der Waals surface area contributed by atoms with Crippen molar-refractivity contribution >= 4 is 11.9 Å². The molecule has 0 N–H and O–H groups in total. The van der Waals surface area contributed by atoms with E-state index >= 15 is 0 Å². The summed E-state index contributed by atoms with van der Waals surface area (Å²) < 4.78 is 15.2. The van der Waals surface area contributed by atoms with Crippen LogP contribution in [0, 0.1) is 0 Å². The molecule has 6 heteroatoms. The number of carbonyl (C=O) groups is 2. The SMILES string of the molecule is COC(=O)N1CCCC(=O)C1c1ccc(OC)c(OC)c1. The molecular weight excluding hydrogens is 274 g/mol. The smallest absolute Gasteiger partial charge is 0.410 e. The second-order valence-corrected chi connectivity index (χ2v) is 4.75. The zero-order chi connectivity index (χ0) is 15.4.